The first-order chi connectivity index (χ1) is 12.4. The third kappa shape index (κ3) is 12.7. The van der Waals surface area contributed by atoms with Crippen molar-refractivity contribution < 1.29 is 18.8 Å². The first-order valence-corrected chi connectivity index (χ1v) is 11.0. The molecule has 0 aliphatic carbocycles. The largest absolute Gasteiger partial charge is 0.508 e. The number of rotatable bonds is 12. The van der Waals surface area contributed by atoms with Crippen LogP contribution in [0, 0.1) is 0 Å². The van der Waals surface area contributed by atoms with Crippen LogP contribution in [0.4, 0.5) is 0 Å². The number of Topliss-reactive ketones (excluding diaryl/α,β-unsaturated/α-hetero) is 1. The standard InChI is InChI=1S/C16H24O3S.C5H10O/c1-3-8-14-9-10-15(17)13-16(14)19-11-6-4-5-7-12-20(2)18;1-3-5(6)4-2/h3,9-10,13,17H,1,4-8,11-12H2,2H3;3-4H2,1-2H3. The second kappa shape index (κ2) is 15.6. The lowest BCUT2D eigenvalue weighted by atomic mass is 10.1. The zero-order valence-corrected chi connectivity index (χ0v) is 17.3. The molecule has 0 heterocycles. The number of aromatic hydroxyl groups is 1. The van der Waals surface area contributed by atoms with Crippen LogP contribution >= 0.6 is 0 Å². The van der Waals surface area contributed by atoms with E-state index in [1.165, 1.54) is 0 Å². The number of ether oxygens (including phenoxy) is 1. The number of carbonyl (C=O) groups is 1. The monoisotopic (exact) mass is 382 g/mol. The smallest absolute Gasteiger partial charge is 0.132 e. The van der Waals surface area contributed by atoms with Crippen molar-refractivity contribution in [2.45, 2.75) is 58.8 Å². The highest BCUT2D eigenvalue weighted by Gasteiger charge is 2.04. The number of phenols is 1. The van der Waals surface area contributed by atoms with Gasteiger partial charge in [-0.1, -0.05) is 38.8 Å². The summed E-state index contributed by atoms with van der Waals surface area (Å²) in [6.45, 7) is 8.12. The van der Waals surface area contributed by atoms with Crippen molar-refractivity contribution in [3.8, 4) is 11.5 Å². The molecule has 0 amide bonds. The molecule has 0 spiro atoms. The minimum atomic E-state index is -0.679. The molecule has 0 saturated heterocycles. The number of phenolic OH excluding ortho intramolecular Hbond substituents is 1. The van der Waals surface area contributed by atoms with Crippen molar-refractivity contribution in [1.82, 2.24) is 0 Å². The van der Waals surface area contributed by atoms with Crippen molar-refractivity contribution in [2.75, 3.05) is 18.6 Å². The van der Waals surface area contributed by atoms with E-state index in [0.717, 1.165) is 49.2 Å². The molecule has 0 aliphatic rings. The molecule has 1 aromatic carbocycles. The Morgan fingerprint density at radius 3 is 2.38 bits per heavy atom. The zero-order chi connectivity index (χ0) is 19.8. The Labute approximate surface area is 161 Å². The van der Waals surface area contributed by atoms with Gasteiger partial charge in [0, 0.05) is 41.7 Å². The van der Waals surface area contributed by atoms with Gasteiger partial charge in [-0.2, -0.15) is 0 Å². The summed E-state index contributed by atoms with van der Waals surface area (Å²) in [5.74, 6) is 2.09. The fraction of sp³-hybridized carbons (Fsp3) is 0.571. The van der Waals surface area contributed by atoms with E-state index in [2.05, 4.69) is 6.58 Å². The minimum Gasteiger partial charge on any atom is -0.508 e. The van der Waals surface area contributed by atoms with Gasteiger partial charge in [-0.15, -0.1) is 6.58 Å². The zero-order valence-electron chi connectivity index (χ0n) is 16.5. The van der Waals surface area contributed by atoms with Crippen LogP contribution in [-0.4, -0.2) is 33.7 Å². The van der Waals surface area contributed by atoms with E-state index in [9.17, 15) is 14.1 Å². The van der Waals surface area contributed by atoms with Crippen LogP contribution in [-0.2, 0) is 22.0 Å². The molecule has 1 aromatic rings. The molecule has 5 heteroatoms. The SMILES string of the molecule is C=CCc1ccc(O)cc1OCCCCCCS(C)=O.CCC(=O)CC. The Hall–Kier alpha value is -1.62. The van der Waals surface area contributed by atoms with Crippen LogP contribution in [0.1, 0.15) is 57.9 Å². The summed E-state index contributed by atoms with van der Waals surface area (Å²) in [4.78, 5) is 10.2. The Kier molecular flexibility index (Phi) is 14.6. The van der Waals surface area contributed by atoms with Gasteiger partial charge in [-0.3, -0.25) is 9.00 Å². The van der Waals surface area contributed by atoms with E-state index in [1.54, 1.807) is 18.4 Å². The molecule has 0 saturated carbocycles. The van der Waals surface area contributed by atoms with Gasteiger partial charge < -0.3 is 9.84 Å². The molecule has 26 heavy (non-hydrogen) atoms. The van der Waals surface area contributed by atoms with E-state index in [4.69, 9.17) is 4.74 Å². The predicted octanol–water partition coefficient (Wildman–Crippen LogP) is 4.81. The molecule has 1 atom stereocenters. The number of carbonyl (C=O) groups excluding carboxylic acids is 1. The molecule has 1 unspecified atom stereocenters. The van der Waals surface area contributed by atoms with E-state index in [1.807, 2.05) is 26.0 Å². The van der Waals surface area contributed by atoms with Crippen LogP contribution in [0.5, 0.6) is 11.5 Å². The Morgan fingerprint density at radius 2 is 1.85 bits per heavy atom. The third-order valence-corrected chi connectivity index (χ3v) is 4.65. The highest BCUT2D eigenvalue weighted by molar-refractivity contribution is 7.84. The first-order valence-electron chi connectivity index (χ1n) is 9.31. The minimum absolute atomic E-state index is 0.221. The van der Waals surface area contributed by atoms with Gasteiger partial charge in [0.05, 0.1) is 6.61 Å². The summed E-state index contributed by atoms with van der Waals surface area (Å²) in [7, 11) is -0.679. The normalized spacial score (nSPS) is 11.2. The molecule has 4 nitrogen and oxygen atoms in total. The summed E-state index contributed by atoms with van der Waals surface area (Å²) in [6.07, 6.45) is 9.83. The summed E-state index contributed by atoms with van der Waals surface area (Å²) in [6, 6.07) is 5.18. The lowest BCUT2D eigenvalue weighted by Crippen LogP contribution is -2.01. The topological polar surface area (TPSA) is 63.6 Å². The molecule has 0 radical (unpaired) electrons. The van der Waals surface area contributed by atoms with Crippen LogP contribution in [0.15, 0.2) is 30.9 Å². The van der Waals surface area contributed by atoms with Crippen LogP contribution < -0.4 is 4.74 Å². The van der Waals surface area contributed by atoms with Gasteiger partial charge in [-0.25, -0.2) is 0 Å². The lowest BCUT2D eigenvalue weighted by molar-refractivity contribution is -0.118. The fourth-order valence-corrected chi connectivity index (χ4v) is 2.81. The van der Waals surface area contributed by atoms with Gasteiger partial charge in [0.25, 0.3) is 0 Å². The number of allylic oxidation sites excluding steroid dienone is 1. The maximum atomic E-state index is 10.9. The Bertz CT molecular complexity index is 549. The van der Waals surface area contributed by atoms with Gasteiger partial charge in [0.15, 0.2) is 0 Å². The quantitative estimate of drug-likeness (QED) is 0.416. The van der Waals surface area contributed by atoms with E-state index < -0.39 is 10.8 Å². The van der Waals surface area contributed by atoms with Crippen molar-refractivity contribution in [3.05, 3.63) is 36.4 Å². The molecule has 0 fully saturated rings. The maximum absolute atomic E-state index is 10.9. The number of hydrogen-bond donors (Lipinski definition) is 1. The number of benzene rings is 1. The Morgan fingerprint density at radius 1 is 1.19 bits per heavy atom. The molecular formula is C21H34O4S. The average molecular weight is 383 g/mol. The second-order valence-corrected chi connectivity index (χ2v) is 7.63. The maximum Gasteiger partial charge on any atom is 0.132 e. The number of unbranched alkanes of at least 4 members (excludes halogenated alkanes) is 3. The van der Waals surface area contributed by atoms with Crippen LogP contribution in [0.25, 0.3) is 0 Å². The summed E-state index contributed by atoms with van der Waals surface area (Å²) in [5, 5.41) is 9.50. The average Bonchev–Trinajstić information content (AvgIpc) is 2.62. The second-order valence-electron chi connectivity index (χ2n) is 6.07. The van der Waals surface area contributed by atoms with Crippen molar-refractivity contribution in [1.29, 1.82) is 0 Å². The molecule has 0 aromatic heterocycles. The highest BCUT2D eigenvalue weighted by Crippen LogP contribution is 2.25. The predicted molar refractivity (Wildman–Crippen MR) is 110 cm³/mol. The summed E-state index contributed by atoms with van der Waals surface area (Å²) in [5.41, 5.74) is 1.04. The third-order valence-electron chi connectivity index (χ3n) is 3.79. The summed E-state index contributed by atoms with van der Waals surface area (Å²) >= 11 is 0. The molecule has 1 N–H and O–H groups in total. The molecule has 0 bridgehead atoms. The van der Waals surface area contributed by atoms with E-state index >= 15 is 0 Å². The van der Waals surface area contributed by atoms with E-state index in [-0.39, 0.29) is 5.75 Å². The summed E-state index contributed by atoms with van der Waals surface area (Å²) < 4.78 is 16.6. The lowest BCUT2D eigenvalue weighted by Gasteiger charge is -2.11. The first kappa shape index (κ1) is 24.4. The van der Waals surface area contributed by atoms with Crippen molar-refractivity contribution >= 4 is 16.6 Å². The molecular weight excluding hydrogens is 348 g/mol. The van der Waals surface area contributed by atoms with Gasteiger partial charge in [0.1, 0.15) is 17.3 Å². The van der Waals surface area contributed by atoms with Gasteiger partial charge in [-0.05, 0) is 30.9 Å². The van der Waals surface area contributed by atoms with Gasteiger partial charge in [0.2, 0.25) is 0 Å². The van der Waals surface area contributed by atoms with Crippen molar-refractivity contribution in [2.24, 2.45) is 0 Å². The van der Waals surface area contributed by atoms with Crippen molar-refractivity contribution in [3.63, 3.8) is 0 Å². The number of ketones is 1. The highest BCUT2D eigenvalue weighted by atomic mass is 32.2. The van der Waals surface area contributed by atoms with Crippen LogP contribution in [0.3, 0.4) is 0 Å². The fourth-order valence-electron chi connectivity index (χ4n) is 2.19. The van der Waals surface area contributed by atoms with Gasteiger partial charge >= 0.3 is 0 Å². The van der Waals surface area contributed by atoms with E-state index in [0.29, 0.717) is 25.2 Å². The molecule has 1 rings (SSSR count). The number of hydrogen-bond acceptors (Lipinski definition) is 4. The Balaban J connectivity index is 0.000000896. The van der Waals surface area contributed by atoms with Crippen LogP contribution in [0.2, 0.25) is 0 Å². The molecule has 0 aliphatic heterocycles. The molecule has 148 valence electrons.